The molecule has 0 N–H and O–H groups in total. The molecule has 3 aromatic carbocycles. The van der Waals surface area contributed by atoms with Gasteiger partial charge in [-0.15, -0.1) is 0 Å². The van der Waals surface area contributed by atoms with Crippen LogP contribution < -0.4 is 9.64 Å². The van der Waals surface area contributed by atoms with E-state index in [1.54, 1.807) is 6.92 Å². The number of ether oxygens (including phenoxy) is 2. The Kier molecular flexibility index (Phi) is 7.13. The maximum atomic E-state index is 13.2. The highest BCUT2D eigenvalue weighted by Crippen LogP contribution is 2.45. The van der Waals surface area contributed by atoms with E-state index in [1.165, 1.54) is 27.9 Å². The number of hydrogen-bond donors (Lipinski definition) is 0. The van der Waals surface area contributed by atoms with Gasteiger partial charge in [0.15, 0.2) is 5.78 Å². The number of rotatable bonds is 6. The first-order valence-corrected chi connectivity index (χ1v) is 13.6. The van der Waals surface area contributed by atoms with Crippen LogP contribution >= 0.6 is 0 Å². The van der Waals surface area contributed by atoms with E-state index in [9.17, 15) is 4.79 Å². The highest BCUT2D eigenvalue weighted by molar-refractivity contribution is 5.89. The van der Waals surface area contributed by atoms with Crippen molar-refractivity contribution in [2.24, 2.45) is 0 Å². The number of nitrogens with zero attached hydrogens (tertiary/aromatic N) is 1. The summed E-state index contributed by atoms with van der Waals surface area (Å²) in [5, 5.41) is 0. The summed E-state index contributed by atoms with van der Waals surface area (Å²) in [6.45, 7) is 12.6. The van der Waals surface area contributed by atoms with Crippen LogP contribution in [0.1, 0.15) is 74.5 Å². The molecule has 194 valence electrons. The van der Waals surface area contributed by atoms with Gasteiger partial charge in [-0.05, 0) is 112 Å². The van der Waals surface area contributed by atoms with Gasteiger partial charge in [-0.2, -0.15) is 0 Å². The standard InChI is InChI=1S/C33H39NO3/c1-22-19-28-27(14-9-17-34(28)21-24-11-7-6-8-12-24)31(32(23(2)35)37-33(3,4)5)30(22)26-15-16-29-25(20-26)13-10-18-36-29/h6-8,11-12,15-16,19-20,32H,9-10,13-14,17-18,21H2,1-5H3. The number of carbonyl (C=O) groups excluding carboxylic acids is 1. The summed E-state index contributed by atoms with van der Waals surface area (Å²) in [4.78, 5) is 15.7. The highest BCUT2D eigenvalue weighted by atomic mass is 16.5. The quantitative estimate of drug-likeness (QED) is 0.356. The third kappa shape index (κ3) is 5.45. The number of benzene rings is 3. The molecule has 0 spiro atoms. The fourth-order valence-corrected chi connectivity index (χ4v) is 5.83. The second kappa shape index (κ2) is 10.3. The second-order valence-electron chi connectivity index (χ2n) is 11.5. The zero-order valence-electron chi connectivity index (χ0n) is 22.9. The Labute approximate surface area is 221 Å². The van der Waals surface area contributed by atoms with Crippen molar-refractivity contribution in [2.45, 2.75) is 78.6 Å². The summed E-state index contributed by atoms with van der Waals surface area (Å²) >= 11 is 0. The molecule has 0 saturated carbocycles. The molecule has 2 heterocycles. The summed E-state index contributed by atoms with van der Waals surface area (Å²) in [5.41, 5.74) is 9.07. The molecule has 0 radical (unpaired) electrons. The molecular weight excluding hydrogens is 458 g/mol. The zero-order valence-corrected chi connectivity index (χ0v) is 22.9. The molecule has 2 aliphatic rings. The summed E-state index contributed by atoms with van der Waals surface area (Å²) in [6, 6.07) is 19.5. The number of Topliss-reactive ketones (excluding diaryl/α,β-unsaturated/α-hetero) is 1. The lowest BCUT2D eigenvalue weighted by Crippen LogP contribution is -2.32. The largest absolute Gasteiger partial charge is 0.493 e. The first-order chi connectivity index (χ1) is 17.7. The third-order valence-electron chi connectivity index (χ3n) is 7.36. The van der Waals surface area contributed by atoms with Crippen molar-refractivity contribution >= 4 is 11.5 Å². The molecular formula is C33H39NO3. The monoisotopic (exact) mass is 497 g/mol. The maximum absolute atomic E-state index is 13.2. The van der Waals surface area contributed by atoms with Crippen LogP contribution in [-0.4, -0.2) is 24.5 Å². The van der Waals surface area contributed by atoms with Crippen molar-refractivity contribution in [3.8, 4) is 16.9 Å². The molecule has 0 saturated heterocycles. The van der Waals surface area contributed by atoms with E-state index >= 15 is 0 Å². The molecule has 2 aliphatic heterocycles. The number of fused-ring (bicyclic) bond motifs is 2. The summed E-state index contributed by atoms with van der Waals surface area (Å²) < 4.78 is 12.4. The Morgan fingerprint density at radius 3 is 2.57 bits per heavy atom. The molecule has 0 amide bonds. The molecule has 0 aliphatic carbocycles. The summed E-state index contributed by atoms with van der Waals surface area (Å²) in [6.07, 6.45) is 3.42. The van der Waals surface area contributed by atoms with Crippen LogP contribution in [0.4, 0.5) is 5.69 Å². The molecule has 4 nitrogen and oxygen atoms in total. The predicted octanol–water partition coefficient (Wildman–Crippen LogP) is 7.39. The van der Waals surface area contributed by atoms with Gasteiger partial charge < -0.3 is 14.4 Å². The minimum atomic E-state index is -0.618. The fourth-order valence-electron chi connectivity index (χ4n) is 5.83. The van der Waals surface area contributed by atoms with Crippen LogP contribution in [0, 0.1) is 6.92 Å². The van der Waals surface area contributed by atoms with Crippen molar-refractivity contribution in [1.82, 2.24) is 0 Å². The number of aryl methyl sites for hydroxylation is 2. The molecule has 37 heavy (non-hydrogen) atoms. The van der Waals surface area contributed by atoms with Gasteiger partial charge >= 0.3 is 0 Å². The van der Waals surface area contributed by atoms with Gasteiger partial charge in [0.2, 0.25) is 0 Å². The minimum absolute atomic E-state index is 0.0467. The van der Waals surface area contributed by atoms with Crippen LogP contribution in [-0.2, 0) is 28.9 Å². The number of hydrogen-bond acceptors (Lipinski definition) is 4. The van der Waals surface area contributed by atoms with E-state index in [0.29, 0.717) is 0 Å². The Balaban J connectivity index is 1.70. The van der Waals surface area contributed by atoms with E-state index < -0.39 is 11.7 Å². The smallest absolute Gasteiger partial charge is 0.163 e. The van der Waals surface area contributed by atoms with E-state index in [0.717, 1.165) is 67.8 Å². The van der Waals surface area contributed by atoms with Crippen LogP contribution in [0.25, 0.3) is 11.1 Å². The highest BCUT2D eigenvalue weighted by Gasteiger charge is 2.33. The number of ketones is 1. The SMILES string of the molecule is CC(=O)C(OC(C)(C)C)c1c2c(cc(C)c1-c1ccc3c(c1)CCCO3)N(Cc1ccccc1)CCC2. The zero-order chi connectivity index (χ0) is 26.2. The van der Waals surface area contributed by atoms with Crippen molar-refractivity contribution in [3.63, 3.8) is 0 Å². The first kappa shape index (κ1) is 25.5. The lowest BCUT2D eigenvalue weighted by Gasteiger charge is -2.37. The van der Waals surface area contributed by atoms with Gasteiger partial charge in [0, 0.05) is 24.3 Å². The average molecular weight is 498 g/mol. The first-order valence-electron chi connectivity index (χ1n) is 13.6. The topological polar surface area (TPSA) is 38.8 Å². The lowest BCUT2D eigenvalue weighted by molar-refractivity contribution is -0.138. The lowest BCUT2D eigenvalue weighted by atomic mass is 9.82. The van der Waals surface area contributed by atoms with Crippen LogP contribution in [0.5, 0.6) is 5.75 Å². The Morgan fingerprint density at radius 2 is 1.84 bits per heavy atom. The number of carbonyl (C=O) groups is 1. The van der Waals surface area contributed by atoms with Crippen molar-refractivity contribution in [1.29, 1.82) is 0 Å². The van der Waals surface area contributed by atoms with E-state index in [1.807, 2.05) is 20.8 Å². The van der Waals surface area contributed by atoms with Crippen molar-refractivity contribution < 1.29 is 14.3 Å². The molecule has 1 unspecified atom stereocenters. The normalized spacial score (nSPS) is 16.0. The summed E-state index contributed by atoms with van der Waals surface area (Å²) in [5.74, 6) is 1.03. The Bertz CT molecular complexity index is 1290. The molecule has 5 rings (SSSR count). The maximum Gasteiger partial charge on any atom is 0.163 e. The van der Waals surface area contributed by atoms with Gasteiger partial charge in [-0.3, -0.25) is 4.79 Å². The van der Waals surface area contributed by atoms with E-state index in [4.69, 9.17) is 9.47 Å². The van der Waals surface area contributed by atoms with Crippen LogP contribution in [0.3, 0.4) is 0 Å². The third-order valence-corrected chi connectivity index (χ3v) is 7.36. The molecule has 3 aromatic rings. The predicted molar refractivity (Wildman–Crippen MR) is 151 cm³/mol. The van der Waals surface area contributed by atoms with Crippen molar-refractivity contribution in [3.05, 3.63) is 82.4 Å². The molecule has 1 atom stereocenters. The van der Waals surface area contributed by atoms with E-state index in [2.05, 4.69) is 66.4 Å². The van der Waals surface area contributed by atoms with E-state index in [-0.39, 0.29) is 5.78 Å². The minimum Gasteiger partial charge on any atom is -0.493 e. The molecule has 0 bridgehead atoms. The van der Waals surface area contributed by atoms with Gasteiger partial charge in [0.25, 0.3) is 0 Å². The second-order valence-corrected chi connectivity index (χ2v) is 11.5. The Hall–Kier alpha value is -3.11. The van der Waals surface area contributed by atoms with Gasteiger partial charge in [0.1, 0.15) is 11.9 Å². The molecule has 0 aromatic heterocycles. The van der Waals surface area contributed by atoms with Gasteiger partial charge in [0.05, 0.1) is 12.2 Å². The number of anilines is 1. The van der Waals surface area contributed by atoms with Gasteiger partial charge in [-0.25, -0.2) is 0 Å². The molecule has 4 heteroatoms. The summed E-state index contributed by atoms with van der Waals surface area (Å²) in [7, 11) is 0. The molecule has 0 fully saturated rings. The Morgan fingerprint density at radius 1 is 1.05 bits per heavy atom. The van der Waals surface area contributed by atoms with Gasteiger partial charge in [-0.1, -0.05) is 36.4 Å². The van der Waals surface area contributed by atoms with Crippen molar-refractivity contribution in [2.75, 3.05) is 18.1 Å². The average Bonchev–Trinajstić information content (AvgIpc) is 2.87. The fraction of sp³-hybridized carbons (Fsp3) is 0.424. The van der Waals surface area contributed by atoms with Crippen LogP contribution in [0.15, 0.2) is 54.6 Å². The van der Waals surface area contributed by atoms with Crippen LogP contribution in [0.2, 0.25) is 0 Å².